The molecule has 8 heteroatoms. The summed E-state index contributed by atoms with van der Waals surface area (Å²) in [6.45, 7) is 4.86. The number of carbonyl (C=O) groups is 2. The Morgan fingerprint density at radius 1 is 1.10 bits per heavy atom. The van der Waals surface area contributed by atoms with Crippen LogP contribution in [0.5, 0.6) is 0 Å². The summed E-state index contributed by atoms with van der Waals surface area (Å²) >= 11 is 0. The lowest BCUT2D eigenvalue weighted by Gasteiger charge is -2.31. The highest BCUT2D eigenvalue weighted by molar-refractivity contribution is 5.84. The minimum Gasteiger partial charge on any atom is -0.481 e. The smallest absolute Gasteiger partial charge is 0.409 e. The Morgan fingerprint density at radius 2 is 1.88 bits per heavy atom. The third-order valence-corrected chi connectivity index (χ3v) is 9.31. The maximum atomic E-state index is 12.6. The van der Waals surface area contributed by atoms with Crippen molar-refractivity contribution in [1.29, 1.82) is 0 Å². The molecule has 0 radical (unpaired) electrons. The highest BCUT2D eigenvalue weighted by Gasteiger charge is 2.35. The Morgan fingerprint density at radius 3 is 2.55 bits per heavy atom. The van der Waals surface area contributed by atoms with Crippen LogP contribution in [0.25, 0.3) is 11.0 Å². The fourth-order valence-electron chi connectivity index (χ4n) is 7.18. The number of fused-ring (bicyclic) bond motifs is 3. The number of aliphatic carboxylic acids is 1. The Kier molecular flexibility index (Phi) is 7.53. The predicted octanol–water partition coefficient (Wildman–Crippen LogP) is 5.83. The van der Waals surface area contributed by atoms with Gasteiger partial charge in [0, 0.05) is 36.6 Å². The minimum absolute atomic E-state index is 0.158. The second-order valence-electron chi connectivity index (χ2n) is 11.8. The summed E-state index contributed by atoms with van der Waals surface area (Å²) in [5, 5.41) is 9.60. The molecule has 1 amide bonds. The van der Waals surface area contributed by atoms with Gasteiger partial charge < -0.3 is 24.0 Å². The SMILES string of the molecule is COC(=O)N1CCc2c([C@H]3CCOC3)cc3c(nc([C@H]4CC[C@H](C(=O)O)CC4)n3[C@H](C)Cc3ccccc3)c2C1. The average molecular weight is 546 g/mol. The summed E-state index contributed by atoms with van der Waals surface area (Å²) in [5.41, 5.74) is 7.13. The van der Waals surface area contributed by atoms with E-state index < -0.39 is 5.97 Å². The van der Waals surface area contributed by atoms with E-state index in [1.165, 1.54) is 23.8 Å². The van der Waals surface area contributed by atoms with E-state index in [9.17, 15) is 14.7 Å². The van der Waals surface area contributed by atoms with Crippen molar-refractivity contribution >= 4 is 23.1 Å². The quantitative estimate of drug-likeness (QED) is 0.419. The van der Waals surface area contributed by atoms with Crippen LogP contribution in [0.2, 0.25) is 0 Å². The maximum absolute atomic E-state index is 12.6. The van der Waals surface area contributed by atoms with Gasteiger partial charge in [-0.05, 0) is 74.6 Å². The number of rotatable bonds is 6. The number of imidazole rings is 1. The van der Waals surface area contributed by atoms with E-state index in [0.717, 1.165) is 67.7 Å². The lowest BCUT2D eigenvalue weighted by molar-refractivity contribution is -0.142. The molecule has 1 N–H and O–H groups in total. The van der Waals surface area contributed by atoms with E-state index >= 15 is 0 Å². The Balaban J connectivity index is 1.50. The molecule has 8 nitrogen and oxygen atoms in total. The second-order valence-corrected chi connectivity index (χ2v) is 11.8. The van der Waals surface area contributed by atoms with Crippen molar-refractivity contribution < 1.29 is 24.2 Å². The van der Waals surface area contributed by atoms with Gasteiger partial charge in [0.2, 0.25) is 0 Å². The predicted molar refractivity (Wildman–Crippen MR) is 152 cm³/mol. The number of ether oxygens (including phenoxy) is 2. The summed E-state index contributed by atoms with van der Waals surface area (Å²) in [5.74, 6) is 0.635. The van der Waals surface area contributed by atoms with E-state index in [-0.39, 0.29) is 24.0 Å². The van der Waals surface area contributed by atoms with Gasteiger partial charge in [-0.1, -0.05) is 30.3 Å². The molecule has 1 saturated heterocycles. The van der Waals surface area contributed by atoms with E-state index in [1.807, 2.05) is 6.07 Å². The zero-order valence-corrected chi connectivity index (χ0v) is 23.5. The maximum Gasteiger partial charge on any atom is 0.409 e. The molecule has 0 spiro atoms. The molecule has 2 fully saturated rings. The third kappa shape index (κ3) is 4.98. The van der Waals surface area contributed by atoms with Crippen molar-refractivity contribution in [3.05, 3.63) is 64.5 Å². The van der Waals surface area contributed by atoms with Crippen LogP contribution >= 0.6 is 0 Å². The number of nitrogens with zero attached hydrogens (tertiary/aromatic N) is 3. The molecule has 1 saturated carbocycles. The number of hydrogen-bond acceptors (Lipinski definition) is 5. The number of carboxylic acids is 1. The molecule has 1 aliphatic carbocycles. The zero-order valence-electron chi connectivity index (χ0n) is 23.5. The highest BCUT2D eigenvalue weighted by atomic mass is 16.5. The molecular weight excluding hydrogens is 506 g/mol. The van der Waals surface area contributed by atoms with Crippen LogP contribution in [-0.2, 0) is 33.7 Å². The number of carbonyl (C=O) groups excluding carboxylic acids is 1. The fraction of sp³-hybridized carbons (Fsp3) is 0.531. The van der Waals surface area contributed by atoms with Crippen molar-refractivity contribution in [3.8, 4) is 0 Å². The molecule has 0 bridgehead atoms. The van der Waals surface area contributed by atoms with E-state index in [1.54, 1.807) is 4.90 Å². The second kappa shape index (κ2) is 11.2. The van der Waals surface area contributed by atoms with Gasteiger partial charge in [-0.25, -0.2) is 9.78 Å². The topological polar surface area (TPSA) is 93.9 Å². The zero-order chi connectivity index (χ0) is 27.8. The standard InChI is InChI=1S/C32H39N3O5/c1-20(16-21-6-4-3-5-7-21)35-28-17-26(24-13-15-40-19-24)25-12-14-34(32(38)39-2)18-27(25)29(28)33-30(35)22-8-10-23(11-9-22)31(36)37/h3-7,17,20,22-24H,8-16,18-19H2,1-2H3,(H,36,37)/t20-,22-,23-,24+/m1/s1. The molecule has 6 rings (SSSR count). The lowest BCUT2D eigenvalue weighted by Crippen LogP contribution is -2.36. The molecule has 212 valence electrons. The first kappa shape index (κ1) is 26.8. The fourth-order valence-corrected chi connectivity index (χ4v) is 7.18. The highest BCUT2D eigenvalue weighted by Crippen LogP contribution is 2.42. The first-order chi connectivity index (χ1) is 19.4. The van der Waals surface area contributed by atoms with Gasteiger partial charge in [-0.15, -0.1) is 0 Å². The summed E-state index contributed by atoms with van der Waals surface area (Å²) in [4.78, 5) is 31.4. The number of hydrogen-bond donors (Lipinski definition) is 1. The molecule has 1 aromatic heterocycles. The third-order valence-electron chi connectivity index (χ3n) is 9.31. The lowest BCUT2D eigenvalue weighted by atomic mass is 9.81. The Bertz CT molecular complexity index is 1390. The van der Waals surface area contributed by atoms with Crippen LogP contribution < -0.4 is 0 Å². The average Bonchev–Trinajstić information content (AvgIpc) is 3.65. The minimum atomic E-state index is -0.690. The van der Waals surface area contributed by atoms with Crippen molar-refractivity contribution in [2.75, 3.05) is 26.9 Å². The molecule has 2 aromatic carbocycles. The molecule has 40 heavy (non-hydrogen) atoms. The van der Waals surface area contributed by atoms with Crippen molar-refractivity contribution in [2.24, 2.45) is 5.92 Å². The van der Waals surface area contributed by atoms with Crippen LogP contribution in [0.1, 0.15) is 85.0 Å². The van der Waals surface area contributed by atoms with Gasteiger partial charge in [0.25, 0.3) is 0 Å². The summed E-state index contributed by atoms with van der Waals surface area (Å²) in [7, 11) is 1.44. The summed E-state index contributed by atoms with van der Waals surface area (Å²) < 4.78 is 13.4. The number of benzene rings is 2. The van der Waals surface area contributed by atoms with E-state index in [4.69, 9.17) is 14.5 Å². The number of aromatic nitrogens is 2. The van der Waals surface area contributed by atoms with Crippen LogP contribution in [0.3, 0.4) is 0 Å². The molecule has 3 aliphatic rings. The van der Waals surface area contributed by atoms with Crippen molar-refractivity contribution in [3.63, 3.8) is 0 Å². The van der Waals surface area contributed by atoms with Gasteiger partial charge >= 0.3 is 12.1 Å². The van der Waals surface area contributed by atoms with Crippen molar-refractivity contribution in [2.45, 2.75) is 76.3 Å². The van der Waals surface area contributed by atoms with Crippen LogP contribution in [0.4, 0.5) is 4.79 Å². The van der Waals surface area contributed by atoms with E-state index in [2.05, 4.69) is 41.8 Å². The first-order valence-electron chi connectivity index (χ1n) is 14.7. The van der Waals surface area contributed by atoms with Crippen LogP contribution in [0, 0.1) is 5.92 Å². The molecule has 0 unspecified atom stereocenters. The molecular formula is C32H39N3O5. The number of carboxylic acid groups (broad SMARTS) is 1. The van der Waals surface area contributed by atoms with Crippen LogP contribution in [-0.4, -0.2) is 58.5 Å². The van der Waals surface area contributed by atoms with Gasteiger partial charge in [0.05, 0.1) is 37.2 Å². The Hall–Kier alpha value is -3.39. The van der Waals surface area contributed by atoms with Gasteiger partial charge in [0.15, 0.2) is 0 Å². The molecule has 3 aromatic rings. The summed E-state index contributed by atoms with van der Waals surface area (Å²) in [6.07, 6.45) is 5.32. The van der Waals surface area contributed by atoms with Crippen LogP contribution in [0.15, 0.2) is 36.4 Å². The monoisotopic (exact) mass is 545 g/mol. The number of methoxy groups -OCH3 is 1. The first-order valence-corrected chi connectivity index (χ1v) is 14.7. The summed E-state index contributed by atoms with van der Waals surface area (Å²) in [6, 6.07) is 13.1. The van der Waals surface area contributed by atoms with Crippen molar-refractivity contribution in [1.82, 2.24) is 14.5 Å². The molecule has 2 aliphatic heterocycles. The van der Waals surface area contributed by atoms with E-state index in [0.29, 0.717) is 31.8 Å². The Labute approximate surface area is 235 Å². The normalized spacial score (nSPS) is 23.6. The van der Waals surface area contributed by atoms with Gasteiger partial charge in [0.1, 0.15) is 5.82 Å². The molecule has 2 atom stereocenters. The van der Waals surface area contributed by atoms with Gasteiger partial charge in [-0.3, -0.25) is 4.79 Å². The van der Waals surface area contributed by atoms with Gasteiger partial charge in [-0.2, -0.15) is 0 Å². The molecule has 3 heterocycles. The number of amides is 1. The largest absolute Gasteiger partial charge is 0.481 e.